The minimum Gasteiger partial charge on any atom is -0.496 e. The van der Waals surface area contributed by atoms with E-state index in [1.165, 1.54) is 6.21 Å². The third-order valence-electron chi connectivity index (χ3n) is 3.90. The summed E-state index contributed by atoms with van der Waals surface area (Å²) in [7, 11) is 1.62. The summed E-state index contributed by atoms with van der Waals surface area (Å²) in [4.78, 5) is 28.3. The highest BCUT2D eigenvalue weighted by Gasteiger charge is 2.13. The summed E-state index contributed by atoms with van der Waals surface area (Å²) in [5.41, 5.74) is 4.45. The Morgan fingerprint density at radius 2 is 2.07 bits per heavy atom. The summed E-state index contributed by atoms with van der Waals surface area (Å²) in [6.45, 7) is 0.863. The van der Waals surface area contributed by atoms with E-state index in [0.717, 1.165) is 33.5 Å². The first-order valence-corrected chi connectivity index (χ1v) is 11.3. The normalized spacial score (nSPS) is 13.2. The number of amides is 2. The molecule has 0 aliphatic carbocycles. The molecule has 1 aliphatic heterocycles. The van der Waals surface area contributed by atoms with Gasteiger partial charge in [-0.3, -0.25) is 14.6 Å². The monoisotopic (exact) mass is 462 g/mol. The van der Waals surface area contributed by atoms with Crippen LogP contribution in [0.4, 0.5) is 5.69 Å². The lowest BCUT2D eigenvalue weighted by Crippen LogP contribution is -2.32. The summed E-state index contributed by atoms with van der Waals surface area (Å²) in [5, 5.41) is 6.88. The van der Waals surface area contributed by atoms with E-state index in [0.29, 0.717) is 16.5 Å². The summed E-state index contributed by atoms with van der Waals surface area (Å²) >= 11 is 9.21. The molecule has 0 unspecified atom stereocenters. The van der Waals surface area contributed by atoms with Gasteiger partial charge in [0.1, 0.15) is 10.1 Å². The van der Waals surface area contributed by atoms with Crippen LogP contribution < -0.4 is 15.5 Å². The van der Waals surface area contributed by atoms with Gasteiger partial charge in [0.2, 0.25) is 0 Å². The Morgan fingerprint density at radius 3 is 2.77 bits per heavy atom. The number of nitrogens with one attached hydrogen (secondary N) is 2. The molecule has 2 amide bonds. The van der Waals surface area contributed by atoms with Crippen LogP contribution in [0.2, 0.25) is 5.02 Å². The van der Waals surface area contributed by atoms with Crippen molar-refractivity contribution >= 4 is 63.2 Å². The van der Waals surface area contributed by atoms with Crippen LogP contribution in [0.25, 0.3) is 0 Å². The molecule has 7 nitrogen and oxygen atoms in total. The number of hydrazone groups is 1. The van der Waals surface area contributed by atoms with Crippen LogP contribution in [0.5, 0.6) is 5.75 Å². The van der Waals surface area contributed by atoms with E-state index < -0.39 is 11.8 Å². The SMILES string of the molecule is COc1ccc(/C=N/NC(=O)C(=O)Nc2ccc(Cl)cc2)cc1CSC1=NCCS1. The minimum absolute atomic E-state index is 0.464. The van der Waals surface area contributed by atoms with Gasteiger partial charge in [-0.1, -0.05) is 35.1 Å². The molecule has 2 aromatic carbocycles. The molecule has 0 saturated heterocycles. The molecule has 2 N–H and O–H groups in total. The number of methoxy groups -OCH3 is 1. The van der Waals surface area contributed by atoms with Crippen molar-refractivity contribution in [2.24, 2.45) is 10.1 Å². The number of carbonyl (C=O) groups excluding carboxylic acids is 2. The number of anilines is 1. The van der Waals surface area contributed by atoms with Crippen molar-refractivity contribution in [3.05, 3.63) is 58.6 Å². The van der Waals surface area contributed by atoms with E-state index in [-0.39, 0.29) is 0 Å². The molecule has 2 aromatic rings. The maximum absolute atomic E-state index is 11.9. The second-order valence-electron chi connectivity index (χ2n) is 6.02. The van der Waals surface area contributed by atoms with Gasteiger partial charge in [0, 0.05) is 27.8 Å². The van der Waals surface area contributed by atoms with Crippen LogP contribution in [0, 0.1) is 0 Å². The predicted molar refractivity (Wildman–Crippen MR) is 125 cm³/mol. The average molecular weight is 463 g/mol. The number of hydrogen-bond donors (Lipinski definition) is 2. The van der Waals surface area contributed by atoms with E-state index in [1.54, 1.807) is 54.9 Å². The zero-order valence-electron chi connectivity index (χ0n) is 16.1. The number of nitrogens with zero attached hydrogens (tertiary/aromatic N) is 2. The molecule has 3 rings (SSSR count). The Kier molecular flexibility index (Phi) is 8.18. The lowest BCUT2D eigenvalue weighted by atomic mass is 10.1. The van der Waals surface area contributed by atoms with Gasteiger partial charge >= 0.3 is 11.8 Å². The fraction of sp³-hybridized carbons (Fsp3) is 0.200. The van der Waals surface area contributed by atoms with Crippen LogP contribution in [-0.4, -0.2) is 41.8 Å². The van der Waals surface area contributed by atoms with E-state index in [2.05, 4.69) is 20.8 Å². The molecule has 0 radical (unpaired) electrons. The summed E-state index contributed by atoms with van der Waals surface area (Å²) in [6, 6.07) is 12.0. The molecule has 10 heteroatoms. The van der Waals surface area contributed by atoms with Crippen molar-refractivity contribution in [1.82, 2.24) is 5.43 Å². The Balaban J connectivity index is 1.56. The molecule has 1 aliphatic rings. The number of benzene rings is 2. The van der Waals surface area contributed by atoms with Gasteiger partial charge in [-0.05, 0) is 48.0 Å². The average Bonchev–Trinajstić information content (AvgIpc) is 3.27. The fourth-order valence-electron chi connectivity index (χ4n) is 2.47. The van der Waals surface area contributed by atoms with Crippen LogP contribution in [0.1, 0.15) is 11.1 Å². The van der Waals surface area contributed by atoms with Crippen molar-refractivity contribution in [2.75, 3.05) is 24.7 Å². The van der Waals surface area contributed by atoms with Gasteiger partial charge in [-0.25, -0.2) is 5.43 Å². The number of rotatable bonds is 6. The number of halogens is 1. The molecule has 156 valence electrons. The maximum Gasteiger partial charge on any atom is 0.329 e. The quantitative estimate of drug-likeness (QED) is 0.387. The van der Waals surface area contributed by atoms with Crippen molar-refractivity contribution < 1.29 is 14.3 Å². The highest BCUT2D eigenvalue weighted by atomic mass is 35.5. The molecule has 0 bridgehead atoms. The third-order valence-corrected chi connectivity index (χ3v) is 6.45. The first-order chi connectivity index (χ1) is 14.5. The topological polar surface area (TPSA) is 92.1 Å². The molecule has 0 spiro atoms. The zero-order chi connectivity index (χ0) is 21.3. The summed E-state index contributed by atoms with van der Waals surface area (Å²) in [6.07, 6.45) is 1.48. The number of aliphatic imine (C=N–C) groups is 1. The highest BCUT2D eigenvalue weighted by Crippen LogP contribution is 2.29. The molecular weight excluding hydrogens is 444 g/mol. The number of ether oxygens (including phenoxy) is 1. The summed E-state index contributed by atoms with van der Waals surface area (Å²) < 4.78 is 6.50. The van der Waals surface area contributed by atoms with Gasteiger partial charge in [-0.15, -0.1) is 0 Å². The Labute approximate surface area is 187 Å². The molecule has 1 heterocycles. The van der Waals surface area contributed by atoms with E-state index >= 15 is 0 Å². The second-order valence-corrected chi connectivity index (χ2v) is 8.76. The molecule has 0 saturated carbocycles. The van der Waals surface area contributed by atoms with E-state index in [1.807, 2.05) is 18.2 Å². The van der Waals surface area contributed by atoms with Gasteiger partial charge in [0.05, 0.1) is 19.9 Å². The molecule has 30 heavy (non-hydrogen) atoms. The fourth-order valence-corrected chi connectivity index (χ4v) is 4.58. The standard InChI is InChI=1S/C20H19ClN4O3S2/c1-28-17-7-2-13(10-14(17)12-30-20-22-8-9-29-20)11-23-25-19(27)18(26)24-16-5-3-15(21)4-6-16/h2-7,10-11H,8-9,12H2,1H3,(H,24,26)(H,25,27)/b23-11+. The van der Waals surface area contributed by atoms with Gasteiger partial charge in [0.25, 0.3) is 0 Å². The van der Waals surface area contributed by atoms with Crippen molar-refractivity contribution in [2.45, 2.75) is 5.75 Å². The van der Waals surface area contributed by atoms with E-state index in [9.17, 15) is 9.59 Å². The van der Waals surface area contributed by atoms with Gasteiger partial charge < -0.3 is 10.1 Å². The first kappa shape index (κ1) is 22.2. The Bertz CT molecular complexity index is 981. The summed E-state index contributed by atoms with van der Waals surface area (Å²) in [5.74, 6) is 0.816. The second kappa shape index (κ2) is 11.1. The minimum atomic E-state index is -0.873. The smallest absolute Gasteiger partial charge is 0.329 e. The zero-order valence-corrected chi connectivity index (χ0v) is 18.4. The van der Waals surface area contributed by atoms with Crippen molar-refractivity contribution in [1.29, 1.82) is 0 Å². The molecule has 0 aromatic heterocycles. The van der Waals surface area contributed by atoms with Crippen LogP contribution in [0.3, 0.4) is 0 Å². The number of carbonyl (C=O) groups is 2. The largest absolute Gasteiger partial charge is 0.496 e. The molecule has 0 fully saturated rings. The van der Waals surface area contributed by atoms with Crippen LogP contribution in [0.15, 0.2) is 52.6 Å². The number of hydrogen-bond acceptors (Lipinski definition) is 7. The van der Waals surface area contributed by atoms with Crippen LogP contribution in [-0.2, 0) is 15.3 Å². The van der Waals surface area contributed by atoms with Crippen LogP contribution >= 0.6 is 35.1 Å². The molecular formula is C20H19ClN4O3S2. The predicted octanol–water partition coefficient (Wildman–Crippen LogP) is 3.77. The Morgan fingerprint density at radius 1 is 1.27 bits per heavy atom. The lowest BCUT2D eigenvalue weighted by molar-refractivity contribution is -0.136. The van der Waals surface area contributed by atoms with Gasteiger partial charge in [0.15, 0.2) is 0 Å². The van der Waals surface area contributed by atoms with Gasteiger partial charge in [-0.2, -0.15) is 5.10 Å². The Hall–Kier alpha value is -2.49. The molecule has 0 atom stereocenters. The first-order valence-electron chi connectivity index (χ1n) is 8.92. The number of thioether (sulfide) groups is 2. The third kappa shape index (κ3) is 6.51. The maximum atomic E-state index is 11.9. The highest BCUT2D eigenvalue weighted by molar-refractivity contribution is 8.38. The van der Waals surface area contributed by atoms with Crippen molar-refractivity contribution in [3.8, 4) is 5.75 Å². The van der Waals surface area contributed by atoms with Crippen molar-refractivity contribution in [3.63, 3.8) is 0 Å². The lowest BCUT2D eigenvalue weighted by Gasteiger charge is -2.09. The van der Waals surface area contributed by atoms with E-state index in [4.69, 9.17) is 16.3 Å².